The normalized spacial score (nSPS) is 27.0. The predicted octanol–water partition coefficient (Wildman–Crippen LogP) is 3.87. The van der Waals surface area contributed by atoms with E-state index in [2.05, 4.69) is 24.1 Å². The van der Waals surface area contributed by atoms with E-state index in [1.54, 1.807) is 32.9 Å². The maximum atomic E-state index is 16.2. The lowest BCUT2D eigenvalue weighted by Gasteiger charge is -2.51. The van der Waals surface area contributed by atoms with E-state index in [0.29, 0.717) is 29.4 Å². The average Bonchev–Trinajstić information content (AvgIpc) is 3.22. The number of halogens is 1. The molecule has 3 N–H and O–H groups in total. The Morgan fingerprint density at radius 3 is 2.47 bits per heavy atom. The summed E-state index contributed by atoms with van der Waals surface area (Å²) in [5.74, 6) is -2.00. The fourth-order valence-corrected chi connectivity index (χ4v) is 7.45. The summed E-state index contributed by atoms with van der Waals surface area (Å²) in [6.07, 6.45) is 5.80. The fraction of sp³-hybridized carbons (Fsp3) is 0.727. The minimum absolute atomic E-state index is 0.000768. The van der Waals surface area contributed by atoms with E-state index in [9.17, 15) is 14.4 Å². The van der Waals surface area contributed by atoms with E-state index < -0.39 is 29.4 Å². The summed E-state index contributed by atoms with van der Waals surface area (Å²) in [6, 6.07) is 2.93. The van der Waals surface area contributed by atoms with Gasteiger partial charge in [-0.2, -0.15) is 0 Å². The highest BCUT2D eigenvalue weighted by Crippen LogP contribution is 2.46. The molecule has 9 nitrogen and oxygen atoms in total. The van der Waals surface area contributed by atoms with Gasteiger partial charge in [0.15, 0.2) is 0 Å². The van der Waals surface area contributed by atoms with Crippen LogP contribution < -0.4 is 11.1 Å². The second kappa shape index (κ2) is 12.4. The van der Waals surface area contributed by atoms with Gasteiger partial charge in [-0.25, -0.2) is 4.39 Å². The molecule has 0 spiro atoms. The van der Waals surface area contributed by atoms with Crippen molar-refractivity contribution in [2.24, 2.45) is 11.1 Å². The zero-order valence-corrected chi connectivity index (χ0v) is 26.4. The van der Waals surface area contributed by atoms with Gasteiger partial charge in [-0.05, 0) is 102 Å². The van der Waals surface area contributed by atoms with Crippen molar-refractivity contribution in [1.29, 1.82) is 0 Å². The minimum Gasteiger partial charge on any atom is -0.460 e. The molecule has 3 aliphatic heterocycles. The number of piperidine rings is 2. The van der Waals surface area contributed by atoms with Crippen LogP contribution in [0.3, 0.4) is 0 Å². The Hall–Kier alpha value is -2.56. The lowest BCUT2D eigenvalue weighted by atomic mass is 9.69. The van der Waals surface area contributed by atoms with Crippen LogP contribution in [0.1, 0.15) is 107 Å². The number of hydrogen-bond donors (Lipinski definition) is 2. The number of ether oxygens (including phenoxy) is 2. The largest absolute Gasteiger partial charge is 0.460 e. The van der Waals surface area contributed by atoms with E-state index >= 15 is 4.39 Å². The van der Waals surface area contributed by atoms with Gasteiger partial charge in [-0.3, -0.25) is 19.3 Å². The van der Waals surface area contributed by atoms with Gasteiger partial charge >= 0.3 is 5.97 Å². The molecule has 5 rings (SSSR count). The van der Waals surface area contributed by atoms with E-state index in [1.165, 1.54) is 4.90 Å². The van der Waals surface area contributed by atoms with Crippen LogP contribution in [0.15, 0.2) is 12.1 Å². The van der Waals surface area contributed by atoms with Gasteiger partial charge < -0.3 is 25.4 Å². The van der Waals surface area contributed by atoms with E-state index in [1.807, 2.05) is 0 Å². The molecule has 2 saturated heterocycles. The molecule has 1 saturated carbocycles. The summed E-state index contributed by atoms with van der Waals surface area (Å²) in [6.45, 7) is 13.5. The van der Waals surface area contributed by atoms with Gasteiger partial charge in [-0.1, -0.05) is 19.9 Å². The second-order valence-corrected chi connectivity index (χ2v) is 14.6. The van der Waals surface area contributed by atoms with E-state index in [0.717, 1.165) is 58.3 Å². The van der Waals surface area contributed by atoms with Crippen molar-refractivity contribution < 1.29 is 28.2 Å². The average molecular weight is 601 g/mol. The smallest absolute Gasteiger partial charge is 0.306 e. The molecule has 0 bridgehead atoms. The van der Waals surface area contributed by atoms with E-state index in [-0.39, 0.29) is 42.1 Å². The van der Waals surface area contributed by atoms with Crippen LogP contribution in [0.25, 0.3) is 0 Å². The number of amides is 2. The molecular formula is C33H49FN4O5. The standard InChI is InChI=1S/C33H49FN4O5/c1-32(2,3)43-28(39)9-8-27(30(35)40)38-18-25-23(31(38)41)6-7-24(29(25)34)26-12-15-37(19-33(26,4)5)20-16-22(17-20)42-21-10-13-36-14-11-21/h6-7,20-22,26-27,36H,8-19H2,1-5H3,(H2,35,40)/t20?,22?,26?,27-/m0/s1. The van der Waals surface area contributed by atoms with Gasteiger partial charge in [-0.15, -0.1) is 0 Å². The third-order valence-electron chi connectivity index (χ3n) is 9.73. The van der Waals surface area contributed by atoms with Crippen LogP contribution in [0.5, 0.6) is 0 Å². The van der Waals surface area contributed by atoms with Gasteiger partial charge in [0.05, 0.1) is 18.8 Å². The number of rotatable bonds is 9. The molecule has 2 amide bonds. The molecular weight excluding hydrogens is 551 g/mol. The molecule has 0 aromatic heterocycles. The first kappa shape index (κ1) is 31.9. The Balaban J connectivity index is 1.22. The summed E-state index contributed by atoms with van der Waals surface area (Å²) in [4.78, 5) is 41.8. The maximum Gasteiger partial charge on any atom is 0.306 e. The van der Waals surface area contributed by atoms with Crippen molar-refractivity contribution in [3.63, 3.8) is 0 Å². The number of carbonyl (C=O) groups excluding carboxylic acids is 3. The summed E-state index contributed by atoms with van der Waals surface area (Å²) in [5.41, 5.74) is 6.03. The molecule has 10 heteroatoms. The van der Waals surface area contributed by atoms with Crippen LogP contribution in [-0.4, -0.2) is 83.7 Å². The SMILES string of the molecule is CC(C)(C)OC(=O)CC[C@@H](C(N)=O)N1Cc2c(ccc(C3CCN(C4CC(OC5CCNCC5)C4)CC3(C)C)c2F)C1=O. The van der Waals surface area contributed by atoms with Crippen LogP contribution in [0, 0.1) is 11.2 Å². The zero-order valence-electron chi connectivity index (χ0n) is 26.4. The lowest BCUT2D eigenvalue weighted by molar-refractivity contribution is -0.155. The molecule has 0 radical (unpaired) electrons. The Morgan fingerprint density at radius 1 is 1.14 bits per heavy atom. The highest BCUT2D eigenvalue weighted by atomic mass is 19.1. The first-order valence-electron chi connectivity index (χ1n) is 16.0. The summed E-state index contributed by atoms with van der Waals surface area (Å²) in [5, 5.41) is 3.39. The number of primary amides is 1. The van der Waals surface area contributed by atoms with Crippen molar-refractivity contribution in [3.05, 3.63) is 34.6 Å². The number of carbonyl (C=O) groups is 3. The molecule has 4 aliphatic rings. The summed E-state index contributed by atoms with van der Waals surface area (Å²) in [7, 11) is 0. The Labute approximate surface area is 255 Å². The molecule has 1 aromatic rings. The molecule has 238 valence electrons. The third kappa shape index (κ3) is 7.07. The molecule has 1 aliphatic carbocycles. The van der Waals surface area contributed by atoms with Gasteiger partial charge in [0.1, 0.15) is 17.5 Å². The number of nitrogens with zero attached hydrogens (tertiary/aromatic N) is 2. The number of likely N-dealkylation sites (tertiary alicyclic amines) is 1. The van der Waals surface area contributed by atoms with Crippen molar-refractivity contribution in [2.75, 3.05) is 26.2 Å². The molecule has 3 fully saturated rings. The molecule has 2 atom stereocenters. The number of nitrogens with two attached hydrogens (primary N) is 1. The van der Waals surface area contributed by atoms with Crippen molar-refractivity contribution in [2.45, 2.75) is 122 Å². The molecule has 43 heavy (non-hydrogen) atoms. The van der Waals surface area contributed by atoms with Gasteiger partial charge in [0.2, 0.25) is 5.91 Å². The maximum absolute atomic E-state index is 16.2. The van der Waals surface area contributed by atoms with Gasteiger partial charge in [0, 0.05) is 30.1 Å². The van der Waals surface area contributed by atoms with Gasteiger partial charge in [0.25, 0.3) is 5.91 Å². The molecule has 1 unspecified atom stereocenters. The fourth-order valence-electron chi connectivity index (χ4n) is 7.45. The highest BCUT2D eigenvalue weighted by molar-refractivity contribution is 6.01. The number of nitrogens with one attached hydrogen (secondary N) is 1. The zero-order chi connectivity index (χ0) is 31.1. The predicted molar refractivity (Wildman–Crippen MR) is 161 cm³/mol. The summed E-state index contributed by atoms with van der Waals surface area (Å²) < 4.78 is 27.9. The topological polar surface area (TPSA) is 114 Å². The first-order chi connectivity index (χ1) is 20.2. The Bertz CT molecular complexity index is 1220. The van der Waals surface area contributed by atoms with Crippen LogP contribution in [-0.2, 0) is 25.6 Å². The number of fused-ring (bicyclic) bond motifs is 1. The first-order valence-corrected chi connectivity index (χ1v) is 16.0. The number of benzene rings is 1. The molecule has 1 aromatic carbocycles. The lowest BCUT2D eigenvalue weighted by Crippen LogP contribution is -2.55. The van der Waals surface area contributed by atoms with Crippen molar-refractivity contribution in [3.8, 4) is 0 Å². The van der Waals surface area contributed by atoms with Crippen LogP contribution in [0.2, 0.25) is 0 Å². The molecule has 3 heterocycles. The quantitative estimate of drug-likeness (QED) is 0.414. The third-order valence-corrected chi connectivity index (χ3v) is 9.73. The monoisotopic (exact) mass is 600 g/mol. The highest BCUT2D eigenvalue weighted by Gasteiger charge is 2.45. The van der Waals surface area contributed by atoms with Crippen LogP contribution in [0.4, 0.5) is 4.39 Å². The summed E-state index contributed by atoms with van der Waals surface area (Å²) >= 11 is 0. The second-order valence-electron chi connectivity index (χ2n) is 14.6. The van der Waals surface area contributed by atoms with Crippen LogP contribution >= 0.6 is 0 Å². The Morgan fingerprint density at radius 2 is 1.84 bits per heavy atom. The number of esters is 1. The minimum atomic E-state index is -1.03. The Kier molecular flexibility index (Phi) is 9.22. The number of hydrogen-bond acceptors (Lipinski definition) is 7. The van der Waals surface area contributed by atoms with Crippen molar-refractivity contribution >= 4 is 17.8 Å². The van der Waals surface area contributed by atoms with E-state index in [4.69, 9.17) is 15.2 Å². The van der Waals surface area contributed by atoms with Crippen molar-refractivity contribution in [1.82, 2.24) is 15.1 Å².